The molecule has 1 rings (SSSR count). The number of carboxylic acid groups (broad SMARTS) is 14. The number of benzene rings is 1. The van der Waals surface area contributed by atoms with Gasteiger partial charge in [0.25, 0.3) is 0 Å². The zero-order valence-electron chi connectivity index (χ0n) is 56.5. The van der Waals surface area contributed by atoms with Crippen molar-refractivity contribution in [3.8, 4) is 0 Å². The maximum atomic E-state index is 10.4. The summed E-state index contributed by atoms with van der Waals surface area (Å²) >= 11 is 0. The lowest BCUT2D eigenvalue weighted by atomic mass is 10.1. The minimum Gasteiger partial charge on any atom is -0.481 e. The SMILES string of the molecule is CC(C)[C@H](N)C(=O)O.C[C@@H](O)[C@H](N)C(=O)O.N=C(N)NCCC[C@H](N)C(=O)O.NC(=O)CC[C@H](N)C(=O)O.NC(=O)C[C@H](N)C(=O)O.NCC(=O)O.N[C@@H](CC(=O)O)C(=O)O.N[C@@H](CCC(=O)O)C(=O)O.N[C@@H](CO)C(=O)O.N[C@@H](CSSC[C@H](N)C(=O)O)C(=O)O.N[C@@H](Cc1ccccc1)C(=O)O. The molecule has 0 radical (unpaired) electrons. The molecule has 0 unspecified atom stereocenters. The molecule has 104 heavy (non-hydrogen) atoms. The molecular formula is C53H103N17O32S2. The Hall–Kier alpha value is -9.85. The van der Waals surface area contributed by atoms with Crippen molar-refractivity contribution < 1.29 is 158 Å². The van der Waals surface area contributed by atoms with Crippen LogP contribution in [0.1, 0.15) is 77.7 Å². The largest absolute Gasteiger partial charge is 0.481 e. The van der Waals surface area contributed by atoms with Gasteiger partial charge >= 0.3 is 83.6 Å². The topological polar surface area (TPSA) is 1020 Å². The molecule has 0 aliphatic carbocycles. The van der Waals surface area contributed by atoms with Gasteiger partial charge in [0, 0.05) is 30.9 Å². The second-order valence-electron chi connectivity index (χ2n) is 19.9. The Morgan fingerprint density at radius 1 is 0.413 bits per heavy atom. The molecule has 51 heteroatoms. The van der Waals surface area contributed by atoms with Crippen molar-refractivity contribution in [1.29, 1.82) is 5.41 Å². The van der Waals surface area contributed by atoms with E-state index in [9.17, 15) is 76.7 Å². The van der Waals surface area contributed by atoms with Crippen LogP contribution in [0.3, 0.4) is 0 Å². The minimum atomic E-state index is -1.29. The van der Waals surface area contributed by atoms with Gasteiger partial charge in [-0.2, -0.15) is 0 Å². The standard InChI is InChI=1S/C9H11NO2.C6H14N4O2.C6H12N2O4S2.C5H10N2O3.C5H9NO4.C5H11NO2.C4H8N2O3.C4H7NO4.C4H9NO3.C3H7NO3.C2H5NO2/c10-8(9(11)12)6-7-4-2-1-3-5-7;7-4(5(11)12)2-1-3-10-6(8)9;7-3(5(9)10)1-13-14-2-4(8)6(11)12;2*6-3(5(9)10)1-2-4(7)8;1-3(2)4(6)5(7)8;2*5-2(4(8)9)1-3(6)7;1-2(6)3(5)4(7)8;4-2(1-5)3(6)7;3-1-2(4)5/h1-5,8H,6,10H2,(H,11,12);4H,1-3,7H2,(H,11,12)(H4,8,9,10);3-4H,1-2,7-8H2,(H,9,10)(H,11,12);3H,1-2,6H2,(H2,7,8)(H,9,10);3H,1-2,6H2,(H,7,8)(H,9,10);3-4H,6H2,1-2H3,(H,7,8);2H,1,5H2,(H2,6,7)(H,8,9);2H,1,5H2,(H,6,7)(H,8,9);2-3,6H,5H2,1H3,(H,7,8);2,5H,1,4H2,(H,6,7);1,3H2,(H,4,5)/t8-;4-;3-,4-;2*3-;4-;2*2-;2-,3+;2-;/m0000000010./s1. The molecule has 0 aromatic heterocycles. The normalized spacial score (nSPS) is 13.1. The van der Waals surface area contributed by atoms with E-state index in [1.807, 2.05) is 30.3 Å². The summed E-state index contributed by atoms with van der Waals surface area (Å²) in [5.74, 6) is -16.2. The fourth-order valence-corrected chi connectivity index (χ4v) is 6.21. The molecule has 49 nitrogen and oxygen atoms in total. The van der Waals surface area contributed by atoms with Crippen LogP contribution in [-0.2, 0) is 83.1 Å². The summed E-state index contributed by atoms with van der Waals surface area (Å²) < 4.78 is 0. The van der Waals surface area contributed by atoms with Gasteiger partial charge in [-0.05, 0) is 50.5 Å². The third-order valence-electron chi connectivity index (χ3n) is 10.1. The molecule has 1 aromatic rings. The number of amides is 2. The number of carboxylic acids is 14. The molecule has 0 bridgehead atoms. The van der Waals surface area contributed by atoms with Crippen LogP contribution in [0.4, 0.5) is 0 Å². The molecule has 0 spiro atoms. The third kappa shape index (κ3) is 94.2. The van der Waals surface area contributed by atoms with E-state index in [1.165, 1.54) is 28.5 Å². The van der Waals surface area contributed by atoms with E-state index in [4.69, 9.17) is 162 Å². The molecule has 604 valence electrons. The molecule has 0 aliphatic heterocycles. The highest BCUT2D eigenvalue weighted by Gasteiger charge is 2.20. The highest BCUT2D eigenvalue weighted by atomic mass is 33.1. The minimum absolute atomic E-state index is 0.0208. The Labute approximate surface area is 600 Å². The van der Waals surface area contributed by atoms with Crippen molar-refractivity contribution in [2.75, 3.05) is 31.2 Å². The third-order valence-corrected chi connectivity index (χ3v) is 12.6. The smallest absolute Gasteiger partial charge is 0.323 e. The molecule has 12 atom stereocenters. The van der Waals surface area contributed by atoms with Crippen LogP contribution in [-0.4, -0.2) is 287 Å². The maximum absolute atomic E-state index is 10.4. The molecular weight excluding hydrogens is 1450 g/mol. The first-order valence-corrected chi connectivity index (χ1v) is 31.3. The average molecular weight is 1550 g/mol. The van der Waals surface area contributed by atoms with Crippen molar-refractivity contribution >= 4 is 123 Å². The summed E-state index contributed by atoms with van der Waals surface area (Å²) in [6.45, 7) is 4.59. The predicted molar refractivity (Wildman–Crippen MR) is 368 cm³/mol. The Morgan fingerprint density at radius 3 is 0.942 bits per heavy atom. The predicted octanol–water partition coefficient (Wildman–Crippen LogP) is -10.2. The van der Waals surface area contributed by atoms with E-state index in [1.54, 1.807) is 13.8 Å². The number of guanidine groups is 1. The fourth-order valence-electron chi connectivity index (χ4n) is 3.98. The summed E-state index contributed by atoms with van der Waals surface area (Å²) in [6, 6.07) is -1.61. The number of carbonyl (C=O) groups is 16. The lowest BCUT2D eigenvalue weighted by Crippen LogP contribution is -2.39. The first-order valence-electron chi connectivity index (χ1n) is 28.8. The maximum Gasteiger partial charge on any atom is 0.323 e. The van der Waals surface area contributed by atoms with Crippen LogP contribution in [0, 0.1) is 11.3 Å². The van der Waals surface area contributed by atoms with Gasteiger partial charge in [-0.25, -0.2) is 0 Å². The van der Waals surface area contributed by atoms with Crippen molar-refractivity contribution in [3.63, 3.8) is 0 Å². The molecule has 48 N–H and O–H groups in total. The van der Waals surface area contributed by atoms with Gasteiger partial charge in [-0.1, -0.05) is 65.8 Å². The Kier molecular flexibility index (Phi) is 79.4. The highest BCUT2D eigenvalue weighted by molar-refractivity contribution is 8.76. The molecule has 0 aliphatic rings. The van der Waals surface area contributed by atoms with E-state index in [-0.39, 0.29) is 62.0 Å². The van der Waals surface area contributed by atoms with Crippen molar-refractivity contribution in [2.24, 2.45) is 91.9 Å². The van der Waals surface area contributed by atoms with Gasteiger partial charge in [0.2, 0.25) is 11.8 Å². The number of carbonyl (C=O) groups excluding carboxylic acids is 2. The summed E-state index contributed by atoms with van der Waals surface area (Å²) in [5, 5.41) is 140. The summed E-state index contributed by atoms with van der Waals surface area (Å²) in [7, 11) is 2.41. The first kappa shape index (κ1) is 115. The van der Waals surface area contributed by atoms with Crippen molar-refractivity contribution in [1.82, 2.24) is 5.32 Å². The van der Waals surface area contributed by atoms with Gasteiger partial charge in [0.15, 0.2) is 5.96 Å². The second-order valence-corrected chi connectivity index (χ2v) is 22.5. The highest BCUT2D eigenvalue weighted by Crippen LogP contribution is 2.22. The van der Waals surface area contributed by atoms with Crippen LogP contribution in [0.25, 0.3) is 0 Å². The van der Waals surface area contributed by atoms with Gasteiger partial charge in [-0.3, -0.25) is 82.1 Å². The van der Waals surface area contributed by atoms with Crippen molar-refractivity contribution in [2.45, 2.75) is 151 Å². The zero-order valence-corrected chi connectivity index (χ0v) is 58.1. The Bertz CT molecular complexity index is 2590. The van der Waals surface area contributed by atoms with E-state index in [2.05, 4.69) is 16.8 Å². The quantitative estimate of drug-likeness (QED) is 0.0128. The lowest BCUT2D eigenvalue weighted by molar-refractivity contribution is -0.144. The van der Waals surface area contributed by atoms with Crippen LogP contribution in [0.5, 0.6) is 0 Å². The van der Waals surface area contributed by atoms with Gasteiger partial charge in [0.05, 0.1) is 32.1 Å². The summed E-state index contributed by atoms with van der Waals surface area (Å²) in [4.78, 5) is 159. The van der Waals surface area contributed by atoms with Crippen molar-refractivity contribution in [3.05, 3.63) is 35.9 Å². The van der Waals surface area contributed by atoms with Gasteiger partial charge in [0.1, 0.15) is 66.5 Å². The number of aliphatic carboxylic acids is 14. The molecule has 0 fully saturated rings. The number of primary amides is 2. The first-order chi connectivity index (χ1) is 47.4. The number of nitrogens with one attached hydrogen (secondary N) is 2. The average Bonchev–Trinajstić information content (AvgIpc) is 1.03. The Morgan fingerprint density at radius 2 is 0.740 bits per heavy atom. The van der Waals surface area contributed by atoms with E-state index in [0.717, 1.165) is 5.56 Å². The number of aliphatic hydroxyl groups excluding tert-OH is 2. The summed E-state index contributed by atoms with van der Waals surface area (Å²) in [5.41, 5.74) is 75.6. The lowest BCUT2D eigenvalue weighted by Gasteiger charge is -2.07. The monoisotopic (exact) mass is 1550 g/mol. The number of aliphatic hydroxyl groups is 2. The van der Waals surface area contributed by atoms with Gasteiger partial charge in [-0.15, -0.1) is 0 Å². The van der Waals surface area contributed by atoms with E-state index < -0.39 is 181 Å². The Balaban J connectivity index is -0.000000118. The molecule has 1 aromatic carbocycles. The fraction of sp³-hybridized carbons (Fsp3) is 0.566. The number of rotatable bonds is 36. The van der Waals surface area contributed by atoms with Gasteiger partial charge < -0.3 is 173 Å². The number of hydrogen-bond donors (Lipinski definition) is 33. The summed E-state index contributed by atoms with van der Waals surface area (Å²) in [6.07, 6.45) is -0.563. The molecule has 0 heterocycles. The van der Waals surface area contributed by atoms with E-state index in [0.29, 0.717) is 25.8 Å². The van der Waals surface area contributed by atoms with Crippen LogP contribution in [0.2, 0.25) is 0 Å². The van der Waals surface area contributed by atoms with Crippen LogP contribution in [0.15, 0.2) is 30.3 Å². The second kappa shape index (κ2) is 71.5. The molecule has 0 saturated carbocycles. The number of nitrogens with two attached hydrogens (primary N) is 15. The van der Waals surface area contributed by atoms with Crippen LogP contribution >= 0.6 is 21.6 Å². The molecule has 0 saturated heterocycles. The van der Waals surface area contributed by atoms with E-state index >= 15 is 0 Å². The van der Waals surface area contributed by atoms with Crippen LogP contribution < -0.4 is 91.3 Å². The zero-order chi connectivity index (χ0) is 84.5. The number of hydrogen-bond acceptors (Lipinski definition) is 33. The molecule has 2 amide bonds.